The molecule has 0 unspecified atom stereocenters. The van der Waals surface area contributed by atoms with Gasteiger partial charge in [0.2, 0.25) is 0 Å². The number of carboxylic acid groups (broad SMARTS) is 1. The van der Waals surface area contributed by atoms with E-state index in [4.69, 9.17) is 5.11 Å². The van der Waals surface area contributed by atoms with Gasteiger partial charge in [-0.2, -0.15) is 0 Å². The molecule has 3 nitrogen and oxygen atoms in total. The first-order chi connectivity index (χ1) is 8.22. The van der Waals surface area contributed by atoms with E-state index in [1.165, 1.54) is 11.3 Å². The molecule has 0 saturated heterocycles. The number of aromatic carboxylic acids is 1. The maximum atomic E-state index is 10.9. The van der Waals surface area contributed by atoms with Crippen molar-refractivity contribution in [2.24, 2.45) is 0 Å². The summed E-state index contributed by atoms with van der Waals surface area (Å²) in [5.41, 5.74) is 1.06. The zero-order valence-electron chi connectivity index (χ0n) is 9.43. The van der Waals surface area contributed by atoms with Crippen LogP contribution in [-0.2, 0) is 0 Å². The summed E-state index contributed by atoms with van der Waals surface area (Å²) in [7, 11) is 1.89. The summed E-state index contributed by atoms with van der Waals surface area (Å²) in [5, 5.41) is 13.0. The third-order valence-corrected chi connectivity index (χ3v) is 3.51. The SMILES string of the molecule is CNCC=Cc1cccc2sc(C(=O)O)cc12. The molecule has 0 radical (unpaired) electrons. The van der Waals surface area contributed by atoms with Crippen LogP contribution in [0.15, 0.2) is 30.3 Å². The minimum atomic E-state index is -0.864. The molecule has 0 fully saturated rings. The highest BCUT2D eigenvalue weighted by Gasteiger charge is 2.09. The monoisotopic (exact) mass is 247 g/mol. The Hall–Kier alpha value is -1.65. The van der Waals surface area contributed by atoms with E-state index < -0.39 is 5.97 Å². The third kappa shape index (κ3) is 2.54. The average Bonchev–Trinajstić information content (AvgIpc) is 2.74. The second kappa shape index (κ2) is 5.12. The van der Waals surface area contributed by atoms with E-state index >= 15 is 0 Å². The number of hydrogen-bond donors (Lipinski definition) is 2. The van der Waals surface area contributed by atoms with Crippen LogP contribution in [0.1, 0.15) is 15.2 Å². The van der Waals surface area contributed by atoms with Gasteiger partial charge in [0.25, 0.3) is 0 Å². The van der Waals surface area contributed by atoms with E-state index in [1.54, 1.807) is 6.07 Å². The number of likely N-dealkylation sites (N-methyl/N-ethyl adjacent to an activating group) is 1. The number of hydrogen-bond acceptors (Lipinski definition) is 3. The number of nitrogens with one attached hydrogen (secondary N) is 1. The van der Waals surface area contributed by atoms with E-state index in [2.05, 4.69) is 5.32 Å². The predicted octanol–water partition coefficient (Wildman–Crippen LogP) is 2.83. The number of carboxylic acids is 1. The molecule has 2 aromatic rings. The molecular formula is C13H13NO2S. The summed E-state index contributed by atoms with van der Waals surface area (Å²) in [6.45, 7) is 0.798. The quantitative estimate of drug-likeness (QED) is 0.873. The lowest BCUT2D eigenvalue weighted by atomic mass is 10.1. The molecular weight excluding hydrogens is 234 g/mol. The molecule has 0 spiro atoms. The molecule has 88 valence electrons. The van der Waals surface area contributed by atoms with Crippen LogP contribution in [-0.4, -0.2) is 24.7 Å². The highest BCUT2D eigenvalue weighted by atomic mass is 32.1. The van der Waals surface area contributed by atoms with Crippen molar-refractivity contribution in [3.8, 4) is 0 Å². The molecule has 17 heavy (non-hydrogen) atoms. The Kier molecular flexibility index (Phi) is 3.56. The molecule has 0 saturated carbocycles. The molecule has 0 amide bonds. The summed E-state index contributed by atoms with van der Waals surface area (Å²) >= 11 is 1.31. The van der Waals surface area contributed by atoms with Gasteiger partial charge in [0, 0.05) is 16.6 Å². The lowest BCUT2D eigenvalue weighted by Gasteiger charge is -1.96. The van der Waals surface area contributed by atoms with Crippen molar-refractivity contribution in [1.29, 1.82) is 0 Å². The molecule has 0 aliphatic rings. The van der Waals surface area contributed by atoms with Crippen LogP contribution in [0.2, 0.25) is 0 Å². The van der Waals surface area contributed by atoms with Crippen molar-refractivity contribution in [2.75, 3.05) is 13.6 Å². The fourth-order valence-electron chi connectivity index (χ4n) is 1.64. The maximum absolute atomic E-state index is 10.9. The summed E-state index contributed by atoms with van der Waals surface area (Å²) < 4.78 is 1.01. The fraction of sp³-hybridized carbons (Fsp3) is 0.154. The molecule has 0 bridgehead atoms. The smallest absolute Gasteiger partial charge is 0.345 e. The standard InChI is InChI=1S/C13H13NO2S/c1-14-7-3-5-9-4-2-6-11-10(9)8-12(17-11)13(15)16/h2-6,8,14H,7H2,1H3,(H,15,16). The van der Waals surface area contributed by atoms with Crippen LogP contribution in [0.5, 0.6) is 0 Å². The molecule has 1 aromatic heterocycles. The van der Waals surface area contributed by atoms with Crippen molar-refractivity contribution in [3.05, 3.63) is 40.8 Å². The van der Waals surface area contributed by atoms with Gasteiger partial charge in [0.1, 0.15) is 4.88 Å². The Morgan fingerprint density at radius 2 is 2.35 bits per heavy atom. The van der Waals surface area contributed by atoms with Crippen LogP contribution >= 0.6 is 11.3 Å². The van der Waals surface area contributed by atoms with E-state index in [0.717, 1.165) is 22.2 Å². The zero-order valence-corrected chi connectivity index (χ0v) is 10.3. The summed E-state index contributed by atoms with van der Waals surface area (Å²) in [6, 6.07) is 7.62. The number of thiophene rings is 1. The van der Waals surface area contributed by atoms with Gasteiger partial charge in [0.05, 0.1) is 0 Å². The van der Waals surface area contributed by atoms with Crippen LogP contribution in [0.3, 0.4) is 0 Å². The molecule has 0 aliphatic heterocycles. The summed E-state index contributed by atoms with van der Waals surface area (Å²) in [4.78, 5) is 11.3. The third-order valence-electron chi connectivity index (χ3n) is 2.43. The second-order valence-corrected chi connectivity index (χ2v) is 4.72. The molecule has 1 aromatic carbocycles. The normalized spacial score (nSPS) is 11.4. The van der Waals surface area contributed by atoms with Gasteiger partial charge in [-0.3, -0.25) is 0 Å². The Labute approximate surface area is 103 Å². The van der Waals surface area contributed by atoms with Gasteiger partial charge < -0.3 is 10.4 Å². The van der Waals surface area contributed by atoms with Crippen molar-refractivity contribution < 1.29 is 9.90 Å². The highest BCUT2D eigenvalue weighted by Crippen LogP contribution is 2.29. The molecule has 2 rings (SSSR count). The Bertz CT molecular complexity index is 572. The molecule has 0 atom stereocenters. The lowest BCUT2D eigenvalue weighted by Crippen LogP contribution is -2.03. The Morgan fingerprint density at radius 1 is 1.53 bits per heavy atom. The first-order valence-electron chi connectivity index (χ1n) is 5.29. The predicted molar refractivity (Wildman–Crippen MR) is 71.7 cm³/mol. The van der Waals surface area contributed by atoms with Gasteiger partial charge in [-0.1, -0.05) is 24.3 Å². The molecule has 0 aliphatic carbocycles. The number of fused-ring (bicyclic) bond motifs is 1. The highest BCUT2D eigenvalue weighted by molar-refractivity contribution is 7.20. The van der Waals surface area contributed by atoms with Gasteiger partial charge in [-0.25, -0.2) is 4.79 Å². The van der Waals surface area contributed by atoms with Crippen molar-refractivity contribution in [2.45, 2.75) is 0 Å². The van der Waals surface area contributed by atoms with Crippen LogP contribution in [0, 0.1) is 0 Å². The number of rotatable bonds is 4. The molecule has 1 heterocycles. The Morgan fingerprint density at radius 3 is 3.06 bits per heavy atom. The van der Waals surface area contributed by atoms with Gasteiger partial charge >= 0.3 is 5.97 Å². The zero-order chi connectivity index (χ0) is 12.3. The van der Waals surface area contributed by atoms with Gasteiger partial charge in [-0.05, 0) is 24.7 Å². The minimum absolute atomic E-state index is 0.384. The van der Waals surface area contributed by atoms with E-state index in [9.17, 15) is 4.79 Å². The lowest BCUT2D eigenvalue weighted by molar-refractivity contribution is 0.0702. The van der Waals surface area contributed by atoms with Gasteiger partial charge in [-0.15, -0.1) is 11.3 Å². The van der Waals surface area contributed by atoms with E-state index in [0.29, 0.717) is 4.88 Å². The van der Waals surface area contributed by atoms with E-state index in [1.807, 2.05) is 37.4 Å². The molecule has 2 N–H and O–H groups in total. The van der Waals surface area contributed by atoms with Crippen molar-refractivity contribution in [3.63, 3.8) is 0 Å². The van der Waals surface area contributed by atoms with Gasteiger partial charge in [0.15, 0.2) is 0 Å². The largest absolute Gasteiger partial charge is 0.477 e. The molecule has 4 heteroatoms. The first kappa shape index (κ1) is 11.8. The topological polar surface area (TPSA) is 49.3 Å². The van der Waals surface area contributed by atoms with Crippen LogP contribution < -0.4 is 5.32 Å². The van der Waals surface area contributed by atoms with Crippen molar-refractivity contribution >= 4 is 33.5 Å². The van der Waals surface area contributed by atoms with Crippen LogP contribution in [0.25, 0.3) is 16.2 Å². The maximum Gasteiger partial charge on any atom is 0.345 e. The fourth-order valence-corrected chi connectivity index (χ4v) is 2.57. The average molecular weight is 247 g/mol. The first-order valence-corrected chi connectivity index (χ1v) is 6.11. The number of carbonyl (C=O) groups is 1. The second-order valence-electron chi connectivity index (χ2n) is 3.63. The number of benzene rings is 1. The van der Waals surface area contributed by atoms with Crippen LogP contribution in [0.4, 0.5) is 0 Å². The van der Waals surface area contributed by atoms with E-state index in [-0.39, 0.29) is 0 Å². The summed E-state index contributed by atoms with van der Waals surface area (Å²) in [5.74, 6) is -0.864. The summed E-state index contributed by atoms with van der Waals surface area (Å²) in [6.07, 6.45) is 4.03. The Balaban J connectivity index is 2.45. The minimum Gasteiger partial charge on any atom is -0.477 e. The van der Waals surface area contributed by atoms with Crippen molar-refractivity contribution in [1.82, 2.24) is 5.32 Å².